The van der Waals surface area contributed by atoms with E-state index in [1.54, 1.807) is 0 Å². The van der Waals surface area contributed by atoms with Crippen LogP contribution in [0.3, 0.4) is 0 Å². The molecule has 0 spiro atoms. The number of hydrogen-bond acceptors (Lipinski definition) is 2. The van der Waals surface area contributed by atoms with Crippen molar-refractivity contribution in [3.8, 4) is 11.3 Å². The quantitative estimate of drug-likeness (QED) is 0.688. The normalized spacial score (nSPS) is 10.9. The van der Waals surface area contributed by atoms with E-state index in [0.717, 1.165) is 28.2 Å². The van der Waals surface area contributed by atoms with Crippen LogP contribution < -0.4 is 0 Å². The number of nitrogens with zero attached hydrogens (tertiary/aromatic N) is 2. The van der Waals surface area contributed by atoms with E-state index in [0.29, 0.717) is 0 Å². The van der Waals surface area contributed by atoms with Crippen LogP contribution in [0.1, 0.15) is 11.5 Å². The molecule has 0 aliphatic carbocycles. The maximum Gasteiger partial charge on any atom is 0.141 e. The van der Waals surface area contributed by atoms with Crippen molar-refractivity contribution in [3.63, 3.8) is 0 Å². The van der Waals surface area contributed by atoms with E-state index < -0.39 is 0 Å². The number of nitrogens with one attached hydrogen (secondary N) is 1. The first kappa shape index (κ1) is 10.0. The van der Waals surface area contributed by atoms with Crippen molar-refractivity contribution in [2.75, 3.05) is 0 Å². The second-order valence-corrected chi connectivity index (χ2v) is 4.17. The molecule has 3 rings (SSSR count). The number of rotatable bonds is 1. The van der Waals surface area contributed by atoms with Crippen molar-refractivity contribution >= 4 is 11.0 Å². The number of aromatic nitrogens is 3. The summed E-state index contributed by atoms with van der Waals surface area (Å²) in [4.78, 5) is 12.1. The monoisotopic (exact) mass is 223 g/mol. The Bertz CT molecular complexity index is 669. The summed E-state index contributed by atoms with van der Waals surface area (Å²) in [7, 11) is 0. The smallest absolute Gasteiger partial charge is 0.141 e. The first-order valence-corrected chi connectivity index (χ1v) is 5.63. The van der Waals surface area contributed by atoms with Crippen LogP contribution in [0.2, 0.25) is 0 Å². The van der Waals surface area contributed by atoms with Crippen LogP contribution in [-0.4, -0.2) is 15.0 Å². The fraction of sp³-hybridized carbons (Fsp3) is 0.143. The summed E-state index contributed by atoms with van der Waals surface area (Å²) < 4.78 is 0. The predicted molar refractivity (Wildman–Crippen MR) is 68.8 cm³/mol. The Balaban J connectivity index is 2.24. The number of benzene rings is 1. The molecule has 0 radical (unpaired) electrons. The van der Waals surface area contributed by atoms with Gasteiger partial charge in [-0.3, -0.25) is 0 Å². The third-order valence-electron chi connectivity index (χ3n) is 2.87. The summed E-state index contributed by atoms with van der Waals surface area (Å²) >= 11 is 0. The van der Waals surface area contributed by atoms with Gasteiger partial charge >= 0.3 is 0 Å². The van der Waals surface area contributed by atoms with E-state index in [1.807, 2.05) is 32.0 Å². The highest BCUT2D eigenvalue weighted by atomic mass is 14.9. The molecule has 0 aliphatic rings. The third-order valence-corrected chi connectivity index (χ3v) is 2.87. The van der Waals surface area contributed by atoms with E-state index in [1.165, 1.54) is 5.56 Å². The molecule has 0 amide bonds. The molecule has 0 saturated carbocycles. The summed E-state index contributed by atoms with van der Waals surface area (Å²) in [6, 6.07) is 12.4. The van der Waals surface area contributed by atoms with Crippen LogP contribution in [0.4, 0.5) is 0 Å². The topological polar surface area (TPSA) is 41.6 Å². The van der Waals surface area contributed by atoms with Gasteiger partial charge in [-0.05, 0) is 25.5 Å². The minimum atomic E-state index is 0.802. The van der Waals surface area contributed by atoms with E-state index in [9.17, 15) is 0 Å². The highest BCUT2D eigenvalue weighted by Gasteiger charge is 2.07. The van der Waals surface area contributed by atoms with Crippen LogP contribution in [0.15, 0.2) is 36.4 Å². The van der Waals surface area contributed by atoms with Gasteiger partial charge in [0, 0.05) is 11.1 Å². The lowest BCUT2D eigenvalue weighted by atomic mass is 10.1. The molecule has 0 aliphatic heterocycles. The van der Waals surface area contributed by atoms with Gasteiger partial charge in [0.05, 0.1) is 5.69 Å². The van der Waals surface area contributed by atoms with E-state index in [4.69, 9.17) is 0 Å². The third kappa shape index (κ3) is 1.69. The summed E-state index contributed by atoms with van der Waals surface area (Å²) in [5.41, 5.74) is 4.19. The van der Waals surface area contributed by atoms with Crippen molar-refractivity contribution in [3.05, 3.63) is 47.9 Å². The van der Waals surface area contributed by atoms with Crippen molar-refractivity contribution in [1.29, 1.82) is 0 Å². The van der Waals surface area contributed by atoms with Gasteiger partial charge in [-0.2, -0.15) is 0 Å². The zero-order valence-corrected chi connectivity index (χ0v) is 9.86. The summed E-state index contributed by atoms with van der Waals surface area (Å²) in [6.07, 6.45) is 0. The Morgan fingerprint density at radius 2 is 1.76 bits per heavy atom. The van der Waals surface area contributed by atoms with Crippen molar-refractivity contribution in [2.45, 2.75) is 13.8 Å². The molecule has 2 heterocycles. The number of H-pyrrole nitrogens is 1. The highest BCUT2D eigenvalue weighted by molar-refractivity contribution is 5.84. The first-order chi connectivity index (χ1) is 8.24. The van der Waals surface area contributed by atoms with Gasteiger partial charge in [0.15, 0.2) is 0 Å². The maximum atomic E-state index is 4.42. The molecule has 3 heteroatoms. The molecule has 84 valence electrons. The van der Waals surface area contributed by atoms with E-state index >= 15 is 0 Å². The molecular formula is C14H13N3. The molecule has 0 unspecified atom stereocenters. The lowest BCUT2D eigenvalue weighted by molar-refractivity contribution is 1.04. The molecule has 0 saturated heterocycles. The SMILES string of the molecule is Cc1nc(C)c2cc(-c3ccccc3)[nH]c2n1. The molecule has 3 nitrogen and oxygen atoms in total. The fourth-order valence-corrected chi connectivity index (χ4v) is 2.07. The average molecular weight is 223 g/mol. The van der Waals surface area contributed by atoms with Crippen LogP contribution in [0.25, 0.3) is 22.3 Å². The van der Waals surface area contributed by atoms with Gasteiger partial charge in [0.2, 0.25) is 0 Å². The van der Waals surface area contributed by atoms with E-state index in [-0.39, 0.29) is 0 Å². The van der Waals surface area contributed by atoms with E-state index in [2.05, 4.69) is 33.2 Å². The number of fused-ring (bicyclic) bond motifs is 1. The maximum absolute atomic E-state index is 4.42. The largest absolute Gasteiger partial charge is 0.339 e. The highest BCUT2D eigenvalue weighted by Crippen LogP contribution is 2.24. The van der Waals surface area contributed by atoms with Crippen LogP contribution in [-0.2, 0) is 0 Å². The Labute approximate surface area is 99.5 Å². The standard InChI is InChI=1S/C14H13N3/c1-9-12-8-13(11-6-4-3-5-7-11)17-14(12)16-10(2)15-9/h3-8H,1-2H3,(H,15,16,17). The van der Waals surface area contributed by atoms with Gasteiger partial charge in [-0.1, -0.05) is 30.3 Å². The second kappa shape index (κ2) is 3.70. The molecule has 1 aromatic carbocycles. The first-order valence-electron chi connectivity index (χ1n) is 5.63. The van der Waals surface area contributed by atoms with Crippen molar-refractivity contribution in [1.82, 2.24) is 15.0 Å². The molecule has 0 fully saturated rings. The number of aromatic amines is 1. The van der Waals surface area contributed by atoms with Crippen LogP contribution in [0.5, 0.6) is 0 Å². The zero-order valence-electron chi connectivity index (χ0n) is 9.86. The Morgan fingerprint density at radius 1 is 1.00 bits per heavy atom. The summed E-state index contributed by atoms with van der Waals surface area (Å²) in [5.74, 6) is 0.802. The fourth-order valence-electron chi connectivity index (χ4n) is 2.07. The van der Waals surface area contributed by atoms with Gasteiger partial charge in [0.25, 0.3) is 0 Å². The average Bonchev–Trinajstić information content (AvgIpc) is 2.74. The van der Waals surface area contributed by atoms with Crippen LogP contribution in [0, 0.1) is 13.8 Å². The molecule has 2 aromatic heterocycles. The Hall–Kier alpha value is -2.16. The lowest BCUT2D eigenvalue weighted by Gasteiger charge is -1.95. The predicted octanol–water partition coefficient (Wildman–Crippen LogP) is 3.24. The second-order valence-electron chi connectivity index (χ2n) is 4.17. The minimum absolute atomic E-state index is 0.802. The lowest BCUT2D eigenvalue weighted by Crippen LogP contribution is -1.90. The molecular weight excluding hydrogens is 210 g/mol. The van der Waals surface area contributed by atoms with Gasteiger partial charge in [-0.15, -0.1) is 0 Å². The van der Waals surface area contributed by atoms with Crippen molar-refractivity contribution in [2.24, 2.45) is 0 Å². The molecule has 0 atom stereocenters. The Kier molecular flexibility index (Phi) is 2.18. The minimum Gasteiger partial charge on any atom is -0.339 e. The van der Waals surface area contributed by atoms with Gasteiger partial charge in [0.1, 0.15) is 11.5 Å². The molecule has 17 heavy (non-hydrogen) atoms. The molecule has 3 aromatic rings. The Morgan fingerprint density at radius 3 is 2.53 bits per heavy atom. The van der Waals surface area contributed by atoms with Gasteiger partial charge in [-0.25, -0.2) is 9.97 Å². The van der Waals surface area contributed by atoms with Crippen LogP contribution >= 0.6 is 0 Å². The number of hydrogen-bond donors (Lipinski definition) is 1. The summed E-state index contributed by atoms with van der Waals surface area (Å²) in [6.45, 7) is 3.93. The zero-order chi connectivity index (χ0) is 11.8. The van der Waals surface area contributed by atoms with Gasteiger partial charge < -0.3 is 4.98 Å². The summed E-state index contributed by atoms with van der Waals surface area (Å²) in [5, 5.41) is 1.09. The molecule has 1 N–H and O–H groups in total. The molecule has 0 bridgehead atoms. The number of aryl methyl sites for hydroxylation is 2. The van der Waals surface area contributed by atoms with Crippen molar-refractivity contribution < 1.29 is 0 Å².